The van der Waals surface area contributed by atoms with Crippen molar-refractivity contribution in [1.82, 2.24) is 0 Å². The van der Waals surface area contributed by atoms with E-state index < -0.39 is 41.9 Å². The van der Waals surface area contributed by atoms with Gasteiger partial charge in [-0.2, -0.15) is 0 Å². The lowest BCUT2D eigenvalue weighted by atomic mass is 10.2. The van der Waals surface area contributed by atoms with Crippen LogP contribution in [0.15, 0.2) is 12.1 Å². The molecule has 1 rings (SSSR count). The van der Waals surface area contributed by atoms with E-state index in [0.29, 0.717) is 12.1 Å². The Bertz CT molecular complexity index is 383. The second-order valence-corrected chi connectivity index (χ2v) is 2.77. The fraction of sp³-hybridized carbons (Fsp3) is 0.222. The van der Waals surface area contributed by atoms with E-state index in [9.17, 15) is 22.4 Å². The smallest absolute Gasteiger partial charge is 0.341 e. The van der Waals surface area contributed by atoms with Gasteiger partial charge >= 0.3 is 5.97 Å². The van der Waals surface area contributed by atoms with Gasteiger partial charge in [0.05, 0.1) is 0 Å². The van der Waals surface area contributed by atoms with Gasteiger partial charge in [0, 0.05) is 12.1 Å². The summed E-state index contributed by atoms with van der Waals surface area (Å²) in [5, 5.41) is 8.41. The summed E-state index contributed by atoms with van der Waals surface area (Å²) in [7, 11) is 0. The van der Waals surface area contributed by atoms with Crippen molar-refractivity contribution in [3.63, 3.8) is 0 Å². The Labute approximate surface area is 87.3 Å². The van der Waals surface area contributed by atoms with E-state index in [0.717, 1.165) is 0 Å². The minimum absolute atomic E-state index is 0.486. The van der Waals surface area contributed by atoms with Gasteiger partial charge in [-0.05, 0) is 0 Å². The number of ether oxygens (including phenoxy) is 1. The van der Waals surface area contributed by atoms with Crippen LogP contribution in [0.4, 0.5) is 17.6 Å². The fourth-order valence-electron chi connectivity index (χ4n) is 0.997. The summed E-state index contributed by atoms with van der Waals surface area (Å²) in [6.07, 6.45) is -2.79. The molecule has 0 radical (unpaired) electrons. The van der Waals surface area contributed by atoms with Crippen LogP contribution < -0.4 is 4.74 Å². The van der Waals surface area contributed by atoms with Gasteiger partial charge in [0.15, 0.2) is 0 Å². The van der Waals surface area contributed by atoms with Crippen LogP contribution in [0.2, 0.25) is 0 Å². The molecule has 1 aromatic rings. The van der Waals surface area contributed by atoms with Crippen LogP contribution in [-0.2, 0) is 0 Å². The first-order valence-corrected chi connectivity index (χ1v) is 4.05. The molecule has 3 nitrogen and oxygen atoms in total. The number of carbonyl (C=O) groups is 1. The van der Waals surface area contributed by atoms with E-state index in [1.54, 1.807) is 0 Å². The predicted molar refractivity (Wildman–Crippen MR) is 44.8 cm³/mol. The summed E-state index contributed by atoms with van der Waals surface area (Å²) in [5.74, 6) is -5.02. The number of hydrogen-bond acceptors (Lipinski definition) is 2. The van der Waals surface area contributed by atoms with Gasteiger partial charge in [-0.1, -0.05) is 0 Å². The molecule has 0 bridgehead atoms. The van der Waals surface area contributed by atoms with Crippen molar-refractivity contribution in [2.75, 3.05) is 6.61 Å². The highest BCUT2D eigenvalue weighted by Crippen LogP contribution is 2.21. The number of hydrogen-bond donors (Lipinski definition) is 1. The standard InChI is InChI=1S/C9H6F4O3/c10-5-1-4(16-3-7(12)13)2-6(11)8(5)9(14)15/h1-2,7H,3H2,(H,14,15). The zero-order valence-electron chi connectivity index (χ0n) is 7.71. The Morgan fingerprint density at radius 3 is 2.19 bits per heavy atom. The largest absolute Gasteiger partial charge is 0.487 e. The van der Waals surface area contributed by atoms with Crippen molar-refractivity contribution in [2.24, 2.45) is 0 Å². The molecular weight excluding hydrogens is 232 g/mol. The molecule has 0 aliphatic carbocycles. The molecule has 0 unspecified atom stereocenters. The minimum Gasteiger partial charge on any atom is -0.487 e. The van der Waals surface area contributed by atoms with Gasteiger partial charge in [-0.25, -0.2) is 22.4 Å². The third-order valence-corrected chi connectivity index (χ3v) is 1.61. The van der Waals surface area contributed by atoms with Crippen molar-refractivity contribution < 1.29 is 32.2 Å². The molecule has 0 aliphatic heterocycles. The summed E-state index contributed by atoms with van der Waals surface area (Å²) in [6.45, 7) is -1.02. The topological polar surface area (TPSA) is 46.5 Å². The summed E-state index contributed by atoms with van der Waals surface area (Å²) in [4.78, 5) is 10.4. The molecule has 7 heteroatoms. The molecule has 0 aliphatic rings. The molecule has 16 heavy (non-hydrogen) atoms. The van der Waals surface area contributed by atoms with Crippen LogP contribution in [0.1, 0.15) is 10.4 Å². The first-order chi connectivity index (χ1) is 7.41. The van der Waals surface area contributed by atoms with Crippen LogP contribution in [0.5, 0.6) is 5.75 Å². The highest BCUT2D eigenvalue weighted by molar-refractivity contribution is 5.88. The van der Waals surface area contributed by atoms with Crippen molar-refractivity contribution in [1.29, 1.82) is 0 Å². The first kappa shape index (κ1) is 12.3. The normalized spacial score (nSPS) is 10.6. The molecule has 0 atom stereocenters. The summed E-state index contributed by atoms with van der Waals surface area (Å²) >= 11 is 0. The number of halogens is 4. The summed E-state index contributed by atoms with van der Waals surface area (Å²) < 4.78 is 53.8. The average molecular weight is 238 g/mol. The summed E-state index contributed by atoms with van der Waals surface area (Å²) in [6, 6.07) is 1.07. The number of alkyl halides is 2. The van der Waals surface area contributed by atoms with Crippen molar-refractivity contribution in [3.05, 3.63) is 29.3 Å². The zero-order chi connectivity index (χ0) is 12.3. The monoisotopic (exact) mass is 238 g/mol. The Kier molecular flexibility index (Phi) is 3.70. The van der Waals surface area contributed by atoms with Gasteiger partial charge in [0.25, 0.3) is 6.43 Å². The molecule has 88 valence electrons. The lowest BCUT2D eigenvalue weighted by molar-refractivity contribution is 0.0683. The highest BCUT2D eigenvalue weighted by atomic mass is 19.3. The lowest BCUT2D eigenvalue weighted by Crippen LogP contribution is -2.09. The molecule has 0 saturated heterocycles. The van der Waals surface area contributed by atoms with Gasteiger partial charge in [0.2, 0.25) is 0 Å². The van der Waals surface area contributed by atoms with E-state index in [2.05, 4.69) is 4.74 Å². The molecule has 0 saturated carbocycles. The minimum atomic E-state index is -2.79. The van der Waals surface area contributed by atoms with Crippen LogP contribution in [0.25, 0.3) is 0 Å². The SMILES string of the molecule is O=C(O)c1c(F)cc(OCC(F)F)cc1F. The number of carboxylic acid groups (broad SMARTS) is 1. The van der Waals surface area contributed by atoms with Crippen molar-refractivity contribution in [3.8, 4) is 5.75 Å². The number of benzene rings is 1. The first-order valence-electron chi connectivity index (χ1n) is 4.05. The molecule has 1 aromatic carbocycles. The Morgan fingerprint density at radius 2 is 1.81 bits per heavy atom. The highest BCUT2D eigenvalue weighted by Gasteiger charge is 2.18. The second-order valence-electron chi connectivity index (χ2n) is 2.77. The lowest BCUT2D eigenvalue weighted by Gasteiger charge is -2.07. The number of rotatable bonds is 4. The molecular formula is C9H6F4O3. The molecule has 0 spiro atoms. The maximum atomic E-state index is 13.0. The van der Waals surface area contributed by atoms with Gasteiger partial charge in [-0.3, -0.25) is 0 Å². The molecule has 0 heterocycles. The van der Waals surface area contributed by atoms with Crippen molar-refractivity contribution >= 4 is 5.97 Å². The van der Waals surface area contributed by atoms with Crippen molar-refractivity contribution in [2.45, 2.75) is 6.43 Å². The van der Waals surface area contributed by atoms with Gasteiger partial charge < -0.3 is 9.84 Å². The van der Waals surface area contributed by atoms with Gasteiger partial charge in [0.1, 0.15) is 29.6 Å². The average Bonchev–Trinajstić information content (AvgIpc) is 2.12. The fourth-order valence-corrected chi connectivity index (χ4v) is 0.997. The van der Waals surface area contributed by atoms with E-state index in [-0.39, 0.29) is 0 Å². The number of aromatic carboxylic acids is 1. The van der Waals surface area contributed by atoms with Crippen LogP contribution in [-0.4, -0.2) is 24.1 Å². The third kappa shape index (κ3) is 2.85. The molecule has 1 N–H and O–H groups in total. The molecule has 0 fully saturated rings. The van der Waals surface area contributed by atoms with E-state index >= 15 is 0 Å². The number of carboxylic acids is 1. The van der Waals surface area contributed by atoms with Crippen LogP contribution in [0, 0.1) is 11.6 Å². The molecule has 0 aromatic heterocycles. The second kappa shape index (κ2) is 4.82. The third-order valence-electron chi connectivity index (χ3n) is 1.61. The Morgan fingerprint density at radius 1 is 1.31 bits per heavy atom. The maximum Gasteiger partial charge on any atom is 0.341 e. The van der Waals surface area contributed by atoms with E-state index in [1.807, 2.05) is 0 Å². The van der Waals surface area contributed by atoms with E-state index in [4.69, 9.17) is 5.11 Å². The van der Waals surface area contributed by atoms with Gasteiger partial charge in [-0.15, -0.1) is 0 Å². The zero-order valence-corrected chi connectivity index (χ0v) is 7.71. The maximum absolute atomic E-state index is 13.0. The quantitative estimate of drug-likeness (QED) is 0.818. The van der Waals surface area contributed by atoms with E-state index in [1.165, 1.54) is 0 Å². The molecule has 0 amide bonds. The Balaban J connectivity index is 2.96. The van der Waals surface area contributed by atoms with Crippen LogP contribution in [0.3, 0.4) is 0 Å². The summed E-state index contributed by atoms with van der Waals surface area (Å²) in [5.41, 5.74) is -1.15. The Hall–Kier alpha value is -1.79. The predicted octanol–water partition coefficient (Wildman–Crippen LogP) is 2.31. The van der Waals surface area contributed by atoms with Crippen LogP contribution >= 0.6 is 0 Å².